The van der Waals surface area contributed by atoms with Crippen molar-refractivity contribution in [2.45, 2.75) is 32.4 Å². The average molecular weight is 346 g/mol. The molecule has 1 aromatic heterocycles. The zero-order valence-electron chi connectivity index (χ0n) is 14.2. The van der Waals surface area contributed by atoms with Crippen molar-refractivity contribution in [2.24, 2.45) is 0 Å². The summed E-state index contributed by atoms with van der Waals surface area (Å²) in [6, 6.07) is 7.95. The second-order valence-corrected chi connectivity index (χ2v) is 6.97. The van der Waals surface area contributed by atoms with Crippen molar-refractivity contribution < 1.29 is 14.3 Å². The van der Waals surface area contributed by atoms with E-state index in [4.69, 9.17) is 9.47 Å². The van der Waals surface area contributed by atoms with Gasteiger partial charge in [-0.25, -0.2) is 4.98 Å². The molecule has 2 heterocycles. The van der Waals surface area contributed by atoms with Gasteiger partial charge in [-0.1, -0.05) is 24.3 Å². The van der Waals surface area contributed by atoms with Gasteiger partial charge in [-0.05, 0) is 25.8 Å². The van der Waals surface area contributed by atoms with Crippen LogP contribution in [0.5, 0.6) is 0 Å². The largest absolute Gasteiger partial charge is 0.379 e. The van der Waals surface area contributed by atoms with Crippen molar-refractivity contribution in [2.75, 3.05) is 20.3 Å². The zero-order valence-corrected chi connectivity index (χ0v) is 15.0. The predicted octanol–water partition coefficient (Wildman–Crippen LogP) is 2.96. The van der Waals surface area contributed by atoms with Gasteiger partial charge in [-0.15, -0.1) is 11.3 Å². The lowest BCUT2D eigenvalue weighted by molar-refractivity contribution is -0.0349. The summed E-state index contributed by atoms with van der Waals surface area (Å²) in [4.78, 5) is 17.9. The van der Waals surface area contributed by atoms with Crippen molar-refractivity contribution >= 4 is 17.2 Å². The molecular weight excluding hydrogens is 324 g/mol. The number of ether oxygens (including phenoxy) is 2. The Morgan fingerprint density at radius 2 is 2.17 bits per heavy atom. The smallest absolute Gasteiger partial charge is 0.263 e. The van der Waals surface area contributed by atoms with Crippen molar-refractivity contribution in [1.29, 1.82) is 0 Å². The van der Waals surface area contributed by atoms with E-state index >= 15 is 0 Å². The Labute approximate surface area is 146 Å². The monoisotopic (exact) mass is 346 g/mol. The highest BCUT2D eigenvalue weighted by atomic mass is 32.1. The van der Waals surface area contributed by atoms with Gasteiger partial charge in [0.1, 0.15) is 9.88 Å². The first kappa shape index (κ1) is 17.1. The average Bonchev–Trinajstić information content (AvgIpc) is 2.97. The van der Waals surface area contributed by atoms with Gasteiger partial charge < -0.3 is 14.8 Å². The van der Waals surface area contributed by atoms with Crippen molar-refractivity contribution in [3.63, 3.8) is 0 Å². The Morgan fingerprint density at radius 3 is 2.92 bits per heavy atom. The minimum atomic E-state index is -0.125. The molecule has 0 unspecified atom stereocenters. The molecule has 3 rings (SSSR count). The lowest BCUT2D eigenvalue weighted by Gasteiger charge is -2.30. The lowest BCUT2D eigenvalue weighted by Crippen LogP contribution is -2.50. The summed E-state index contributed by atoms with van der Waals surface area (Å²) >= 11 is 1.43. The normalized spacial score (nSPS) is 20.8. The summed E-state index contributed by atoms with van der Waals surface area (Å²) in [5, 5.41) is 3.91. The molecule has 1 N–H and O–H groups in total. The van der Waals surface area contributed by atoms with E-state index < -0.39 is 0 Å². The molecule has 1 fully saturated rings. The zero-order chi connectivity index (χ0) is 17.1. The third kappa shape index (κ3) is 3.50. The minimum Gasteiger partial charge on any atom is -0.379 e. The number of nitrogens with one attached hydrogen (secondary N) is 1. The Hall–Kier alpha value is -1.76. The number of aryl methyl sites for hydroxylation is 2. The van der Waals surface area contributed by atoms with E-state index in [0.717, 1.165) is 28.2 Å². The fraction of sp³-hybridized carbons (Fsp3) is 0.444. The summed E-state index contributed by atoms with van der Waals surface area (Å²) in [6.45, 7) is 5.07. The Kier molecular flexibility index (Phi) is 5.28. The van der Waals surface area contributed by atoms with Crippen molar-refractivity contribution in [3.05, 3.63) is 40.4 Å². The first-order chi connectivity index (χ1) is 11.6. The van der Waals surface area contributed by atoms with Crippen LogP contribution in [0, 0.1) is 13.8 Å². The molecule has 1 aliphatic heterocycles. The van der Waals surface area contributed by atoms with Crippen LogP contribution in [-0.2, 0) is 9.47 Å². The van der Waals surface area contributed by atoms with Crippen LogP contribution in [-0.4, -0.2) is 43.4 Å². The molecule has 1 amide bonds. The van der Waals surface area contributed by atoms with Crippen LogP contribution >= 0.6 is 11.3 Å². The third-order valence-electron chi connectivity index (χ3n) is 4.29. The molecule has 0 spiro atoms. The van der Waals surface area contributed by atoms with Crippen molar-refractivity contribution in [1.82, 2.24) is 10.3 Å². The number of hydrogen-bond acceptors (Lipinski definition) is 5. The molecule has 0 radical (unpaired) electrons. The van der Waals surface area contributed by atoms with E-state index in [1.54, 1.807) is 7.11 Å². The van der Waals surface area contributed by atoms with Gasteiger partial charge in [0, 0.05) is 19.3 Å². The number of aromatic nitrogens is 1. The SMILES string of the molecule is CO[C@@H]1CCOC[C@H]1NC(=O)c1sc(-c2ccccc2C)nc1C. The topological polar surface area (TPSA) is 60.5 Å². The summed E-state index contributed by atoms with van der Waals surface area (Å²) in [7, 11) is 1.67. The number of rotatable bonds is 4. The molecule has 0 aliphatic carbocycles. The fourth-order valence-corrected chi connectivity index (χ4v) is 3.96. The van der Waals surface area contributed by atoms with Crippen LogP contribution in [0.15, 0.2) is 24.3 Å². The van der Waals surface area contributed by atoms with Gasteiger partial charge in [0.2, 0.25) is 0 Å². The van der Waals surface area contributed by atoms with Gasteiger partial charge in [0.25, 0.3) is 5.91 Å². The van der Waals surface area contributed by atoms with Crippen LogP contribution in [0.4, 0.5) is 0 Å². The van der Waals surface area contributed by atoms with Gasteiger partial charge >= 0.3 is 0 Å². The first-order valence-electron chi connectivity index (χ1n) is 8.05. The third-order valence-corrected chi connectivity index (χ3v) is 5.48. The Balaban J connectivity index is 1.80. The molecule has 128 valence electrons. The number of benzene rings is 1. The number of amides is 1. The minimum absolute atomic E-state index is 0.00762. The molecule has 5 nitrogen and oxygen atoms in total. The van der Waals surface area contributed by atoms with Gasteiger partial charge in [-0.2, -0.15) is 0 Å². The van der Waals surface area contributed by atoms with E-state index in [-0.39, 0.29) is 18.1 Å². The molecule has 6 heteroatoms. The molecular formula is C18H22N2O3S. The van der Waals surface area contributed by atoms with E-state index in [1.807, 2.05) is 38.1 Å². The highest BCUT2D eigenvalue weighted by Crippen LogP contribution is 2.30. The quantitative estimate of drug-likeness (QED) is 0.925. The van der Waals surface area contributed by atoms with E-state index in [1.165, 1.54) is 11.3 Å². The number of nitrogens with zero attached hydrogens (tertiary/aromatic N) is 1. The number of carbonyl (C=O) groups is 1. The Bertz CT molecular complexity index is 729. The summed E-state index contributed by atoms with van der Waals surface area (Å²) < 4.78 is 10.9. The van der Waals surface area contributed by atoms with E-state index in [0.29, 0.717) is 18.1 Å². The van der Waals surface area contributed by atoms with E-state index in [9.17, 15) is 4.79 Å². The van der Waals surface area contributed by atoms with Crippen LogP contribution in [0.2, 0.25) is 0 Å². The standard InChI is InChI=1S/C18H22N2O3S/c1-11-6-4-5-7-13(11)18-19-12(2)16(24-18)17(21)20-14-10-23-9-8-15(14)22-3/h4-7,14-15H,8-10H2,1-3H3,(H,20,21)/t14-,15-/m1/s1. The van der Waals surface area contributed by atoms with Gasteiger partial charge in [0.05, 0.1) is 24.4 Å². The molecule has 2 atom stereocenters. The van der Waals surface area contributed by atoms with Gasteiger partial charge in [-0.3, -0.25) is 4.79 Å². The first-order valence-corrected chi connectivity index (χ1v) is 8.86. The number of hydrogen-bond donors (Lipinski definition) is 1. The van der Waals surface area contributed by atoms with Crippen LogP contribution in [0.3, 0.4) is 0 Å². The number of methoxy groups -OCH3 is 1. The maximum Gasteiger partial charge on any atom is 0.263 e. The molecule has 1 aliphatic rings. The molecule has 2 aromatic rings. The predicted molar refractivity (Wildman–Crippen MR) is 94.5 cm³/mol. The highest BCUT2D eigenvalue weighted by molar-refractivity contribution is 7.17. The summed E-state index contributed by atoms with van der Waals surface area (Å²) in [5.74, 6) is -0.109. The molecule has 0 saturated carbocycles. The highest BCUT2D eigenvalue weighted by Gasteiger charge is 2.28. The second kappa shape index (κ2) is 7.42. The summed E-state index contributed by atoms with van der Waals surface area (Å²) in [6.07, 6.45) is 0.782. The Morgan fingerprint density at radius 1 is 1.38 bits per heavy atom. The maximum absolute atomic E-state index is 12.7. The molecule has 0 bridgehead atoms. The van der Waals surface area contributed by atoms with E-state index in [2.05, 4.69) is 10.3 Å². The number of carbonyl (C=O) groups excluding carboxylic acids is 1. The van der Waals surface area contributed by atoms with Crippen molar-refractivity contribution in [3.8, 4) is 10.6 Å². The number of thiazole rings is 1. The second-order valence-electron chi connectivity index (χ2n) is 5.97. The van der Waals surface area contributed by atoms with Gasteiger partial charge in [0.15, 0.2) is 0 Å². The lowest BCUT2D eigenvalue weighted by atomic mass is 10.1. The fourth-order valence-electron chi connectivity index (χ4n) is 2.90. The molecule has 1 aromatic carbocycles. The summed E-state index contributed by atoms with van der Waals surface area (Å²) in [5.41, 5.74) is 2.97. The van der Waals surface area contributed by atoms with Crippen LogP contribution in [0.1, 0.15) is 27.3 Å². The maximum atomic E-state index is 12.7. The van der Waals surface area contributed by atoms with Crippen LogP contribution < -0.4 is 5.32 Å². The van der Waals surface area contributed by atoms with Crippen LogP contribution in [0.25, 0.3) is 10.6 Å². The molecule has 1 saturated heterocycles. The molecule has 24 heavy (non-hydrogen) atoms.